The topological polar surface area (TPSA) is 50.2 Å². The molecule has 4 rings (SSSR count). The first-order valence-electron chi connectivity index (χ1n) is 10.2. The molecule has 2 aliphatic rings. The number of nitrogens with zero attached hydrogens (tertiary/aromatic N) is 3. The molecule has 1 aromatic carbocycles. The maximum Gasteiger partial charge on any atom is 0.317 e. The molecule has 1 unspecified atom stereocenters. The third-order valence-corrected chi connectivity index (χ3v) is 5.88. The first-order chi connectivity index (χ1) is 13.1. The number of carbonyl (C=O) groups is 1. The molecule has 0 spiro atoms. The Morgan fingerprint density at radius 3 is 2.67 bits per heavy atom. The number of hydrogen-bond donors (Lipinski definition) is 1. The quantitative estimate of drug-likeness (QED) is 0.848. The van der Waals surface area contributed by atoms with E-state index in [-0.39, 0.29) is 6.03 Å². The number of likely N-dealkylation sites (tertiary alicyclic amines) is 1. The highest BCUT2D eigenvalue weighted by molar-refractivity contribution is 5.74. The number of benzene rings is 1. The van der Waals surface area contributed by atoms with Crippen molar-refractivity contribution in [2.75, 3.05) is 13.1 Å². The Balaban J connectivity index is 1.28. The molecule has 0 radical (unpaired) electrons. The zero-order chi connectivity index (χ0) is 18.8. The van der Waals surface area contributed by atoms with Crippen LogP contribution in [0.25, 0.3) is 0 Å². The molecule has 27 heavy (non-hydrogen) atoms. The minimum absolute atomic E-state index is 0.0515. The number of nitrogens with one attached hydrogen (secondary N) is 1. The predicted octanol–water partition coefficient (Wildman–Crippen LogP) is 3.68. The van der Waals surface area contributed by atoms with Crippen LogP contribution in [0, 0.1) is 25.7 Å². The Labute approximate surface area is 161 Å². The summed E-state index contributed by atoms with van der Waals surface area (Å²) in [7, 11) is 0. The SMILES string of the molecule is Cc1ccc(CNC(=O)N2CCC(Cc3ncc(C)n3CC3CC3)C2)cc1. The minimum atomic E-state index is 0.0515. The van der Waals surface area contributed by atoms with Crippen molar-refractivity contribution in [1.82, 2.24) is 19.8 Å². The molecule has 1 saturated heterocycles. The van der Waals surface area contributed by atoms with Crippen LogP contribution in [-0.2, 0) is 19.5 Å². The third-order valence-electron chi connectivity index (χ3n) is 5.88. The van der Waals surface area contributed by atoms with E-state index >= 15 is 0 Å². The van der Waals surface area contributed by atoms with Crippen molar-refractivity contribution in [3.05, 3.63) is 53.1 Å². The molecule has 1 atom stereocenters. The van der Waals surface area contributed by atoms with Crippen molar-refractivity contribution in [3.8, 4) is 0 Å². The molecule has 1 saturated carbocycles. The Morgan fingerprint density at radius 1 is 1.15 bits per heavy atom. The molecular weight excluding hydrogens is 336 g/mol. The molecule has 1 aliphatic heterocycles. The summed E-state index contributed by atoms with van der Waals surface area (Å²) in [5.74, 6) is 2.56. The van der Waals surface area contributed by atoms with Gasteiger partial charge in [-0.2, -0.15) is 0 Å². The molecule has 2 heterocycles. The number of aryl methyl sites for hydroxylation is 2. The first-order valence-corrected chi connectivity index (χ1v) is 10.2. The van der Waals surface area contributed by atoms with Crippen LogP contribution in [0.2, 0.25) is 0 Å². The fourth-order valence-corrected chi connectivity index (χ4v) is 3.92. The van der Waals surface area contributed by atoms with Crippen molar-refractivity contribution in [2.45, 2.75) is 52.6 Å². The highest BCUT2D eigenvalue weighted by atomic mass is 16.2. The number of rotatable bonds is 6. The average molecular weight is 367 g/mol. The van der Waals surface area contributed by atoms with Crippen LogP contribution in [0.5, 0.6) is 0 Å². The van der Waals surface area contributed by atoms with Gasteiger partial charge >= 0.3 is 6.03 Å². The average Bonchev–Trinajstić information content (AvgIpc) is 3.26. The van der Waals surface area contributed by atoms with Gasteiger partial charge < -0.3 is 14.8 Å². The van der Waals surface area contributed by atoms with Gasteiger partial charge in [-0.1, -0.05) is 29.8 Å². The highest BCUT2D eigenvalue weighted by Gasteiger charge is 2.29. The van der Waals surface area contributed by atoms with Gasteiger partial charge in [0.1, 0.15) is 5.82 Å². The lowest BCUT2D eigenvalue weighted by atomic mass is 10.0. The van der Waals surface area contributed by atoms with Gasteiger partial charge in [0.2, 0.25) is 0 Å². The highest BCUT2D eigenvalue weighted by Crippen LogP contribution is 2.32. The van der Waals surface area contributed by atoms with Gasteiger partial charge in [0, 0.05) is 44.5 Å². The zero-order valence-electron chi connectivity index (χ0n) is 16.4. The first kappa shape index (κ1) is 18.1. The summed E-state index contributed by atoms with van der Waals surface area (Å²) in [4.78, 5) is 19.1. The molecule has 2 aromatic rings. The molecule has 144 valence electrons. The Morgan fingerprint density at radius 2 is 1.93 bits per heavy atom. The third kappa shape index (κ3) is 4.52. The molecule has 1 N–H and O–H groups in total. The lowest BCUT2D eigenvalue weighted by Crippen LogP contribution is -2.38. The second-order valence-electron chi connectivity index (χ2n) is 8.32. The van der Waals surface area contributed by atoms with Gasteiger partial charge in [0.15, 0.2) is 0 Å². The van der Waals surface area contributed by atoms with Crippen molar-refractivity contribution < 1.29 is 4.79 Å². The van der Waals surface area contributed by atoms with Gasteiger partial charge in [-0.05, 0) is 50.5 Å². The molecule has 1 aliphatic carbocycles. The number of carbonyl (C=O) groups excluding carboxylic acids is 1. The summed E-state index contributed by atoms with van der Waals surface area (Å²) in [6, 6.07) is 8.36. The van der Waals surface area contributed by atoms with E-state index in [0.717, 1.165) is 44.0 Å². The van der Waals surface area contributed by atoms with Crippen LogP contribution in [0.4, 0.5) is 4.79 Å². The van der Waals surface area contributed by atoms with Gasteiger partial charge in [-0.3, -0.25) is 0 Å². The predicted molar refractivity (Wildman–Crippen MR) is 106 cm³/mol. The van der Waals surface area contributed by atoms with Crippen LogP contribution in [-0.4, -0.2) is 33.6 Å². The van der Waals surface area contributed by atoms with Crippen molar-refractivity contribution in [2.24, 2.45) is 11.8 Å². The van der Waals surface area contributed by atoms with Crippen LogP contribution in [0.3, 0.4) is 0 Å². The van der Waals surface area contributed by atoms with E-state index in [0.29, 0.717) is 12.5 Å². The molecule has 2 amide bonds. The summed E-state index contributed by atoms with van der Waals surface area (Å²) >= 11 is 0. The van der Waals surface area contributed by atoms with Crippen LogP contribution >= 0.6 is 0 Å². The lowest BCUT2D eigenvalue weighted by Gasteiger charge is -2.18. The van der Waals surface area contributed by atoms with E-state index in [1.807, 2.05) is 11.1 Å². The Bertz CT molecular complexity index is 791. The summed E-state index contributed by atoms with van der Waals surface area (Å²) in [5, 5.41) is 3.06. The number of amides is 2. The Kier molecular flexibility index (Phi) is 5.19. The molecule has 1 aromatic heterocycles. The second-order valence-corrected chi connectivity index (χ2v) is 8.32. The van der Waals surface area contributed by atoms with E-state index in [4.69, 9.17) is 0 Å². The maximum atomic E-state index is 12.5. The van der Waals surface area contributed by atoms with Gasteiger partial charge in [-0.15, -0.1) is 0 Å². The normalized spacial score (nSPS) is 19.5. The summed E-state index contributed by atoms with van der Waals surface area (Å²) in [6.45, 7) is 7.60. The lowest BCUT2D eigenvalue weighted by molar-refractivity contribution is 0.206. The van der Waals surface area contributed by atoms with Gasteiger partial charge in [0.25, 0.3) is 0 Å². The van der Waals surface area contributed by atoms with Crippen molar-refractivity contribution in [3.63, 3.8) is 0 Å². The number of urea groups is 1. The summed E-state index contributed by atoms with van der Waals surface area (Å²) in [5.41, 5.74) is 3.65. The smallest absolute Gasteiger partial charge is 0.317 e. The van der Waals surface area contributed by atoms with E-state index < -0.39 is 0 Å². The zero-order valence-corrected chi connectivity index (χ0v) is 16.4. The largest absolute Gasteiger partial charge is 0.334 e. The Hall–Kier alpha value is -2.30. The fourth-order valence-electron chi connectivity index (χ4n) is 3.92. The molecule has 0 bridgehead atoms. The fraction of sp³-hybridized carbons (Fsp3) is 0.545. The van der Waals surface area contributed by atoms with E-state index in [1.165, 1.54) is 29.9 Å². The summed E-state index contributed by atoms with van der Waals surface area (Å²) in [6.07, 6.45) is 6.75. The molecule has 5 nitrogen and oxygen atoms in total. The maximum absolute atomic E-state index is 12.5. The van der Waals surface area contributed by atoms with E-state index in [1.54, 1.807) is 0 Å². The molecular formula is C22H30N4O. The van der Waals surface area contributed by atoms with Crippen molar-refractivity contribution >= 4 is 6.03 Å². The summed E-state index contributed by atoms with van der Waals surface area (Å²) < 4.78 is 2.40. The number of aromatic nitrogens is 2. The molecule has 2 fully saturated rings. The van der Waals surface area contributed by atoms with E-state index in [9.17, 15) is 4.79 Å². The van der Waals surface area contributed by atoms with Crippen LogP contribution in [0.15, 0.2) is 30.5 Å². The molecule has 5 heteroatoms. The number of imidazole rings is 1. The second kappa shape index (κ2) is 7.75. The van der Waals surface area contributed by atoms with Gasteiger partial charge in [0.05, 0.1) is 0 Å². The van der Waals surface area contributed by atoms with Gasteiger partial charge in [-0.25, -0.2) is 9.78 Å². The monoisotopic (exact) mass is 366 g/mol. The van der Waals surface area contributed by atoms with Crippen LogP contribution in [0.1, 0.15) is 41.9 Å². The minimum Gasteiger partial charge on any atom is -0.334 e. The van der Waals surface area contributed by atoms with Crippen LogP contribution < -0.4 is 5.32 Å². The van der Waals surface area contributed by atoms with E-state index in [2.05, 4.69) is 53.0 Å². The standard InChI is InChI=1S/C22H30N4O/c1-16-3-5-18(6-4-16)13-24-22(27)25-10-9-20(14-25)11-21-23-12-17(2)26(21)15-19-7-8-19/h3-6,12,19-20H,7-11,13-15H2,1-2H3,(H,24,27). The van der Waals surface area contributed by atoms with Crippen molar-refractivity contribution in [1.29, 1.82) is 0 Å². The number of hydrogen-bond acceptors (Lipinski definition) is 2.